The van der Waals surface area contributed by atoms with Crippen molar-refractivity contribution in [3.05, 3.63) is 29.3 Å². The van der Waals surface area contributed by atoms with Crippen LogP contribution in [0.3, 0.4) is 0 Å². The van der Waals surface area contributed by atoms with Crippen LogP contribution in [0.2, 0.25) is 0 Å². The Morgan fingerprint density at radius 2 is 1.55 bits per heavy atom. The Morgan fingerprint density at radius 3 is 2.19 bits per heavy atom. The van der Waals surface area contributed by atoms with Gasteiger partial charge >= 0.3 is 0 Å². The number of ether oxygens (including phenoxy) is 4. The summed E-state index contributed by atoms with van der Waals surface area (Å²) in [4.78, 5) is 64.2. The smallest absolute Gasteiger partial charge is 0.264 e. The van der Waals surface area contributed by atoms with Crippen LogP contribution in [0.5, 0.6) is 0 Å². The number of nitrogens with zero attached hydrogens (tertiary/aromatic N) is 2. The predicted octanol–water partition coefficient (Wildman–Crippen LogP) is 0.867. The van der Waals surface area contributed by atoms with Gasteiger partial charge in [-0.25, -0.2) is 0 Å². The number of likely N-dealkylation sites (tertiary alicyclic amines) is 1. The van der Waals surface area contributed by atoms with Crippen molar-refractivity contribution in [2.45, 2.75) is 38.1 Å². The summed E-state index contributed by atoms with van der Waals surface area (Å²) < 4.78 is 21.9. The number of fused-ring (bicyclic) bond motifs is 1. The maximum absolute atomic E-state index is 13.2. The molecule has 2 heterocycles. The highest BCUT2D eigenvalue weighted by Crippen LogP contribution is 2.31. The summed E-state index contributed by atoms with van der Waals surface area (Å²) in [6, 6.07) is 3.83. The molecule has 42 heavy (non-hydrogen) atoms. The Morgan fingerprint density at radius 1 is 0.905 bits per heavy atom. The molecule has 2 N–H and O–H groups in total. The topological polar surface area (TPSA) is 153 Å². The van der Waals surface area contributed by atoms with Gasteiger partial charge in [0, 0.05) is 38.8 Å². The molecule has 232 valence electrons. The van der Waals surface area contributed by atoms with Crippen molar-refractivity contribution >= 4 is 35.6 Å². The number of hydrogen-bond donors (Lipinski definition) is 2. The van der Waals surface area contributed by atoms with E-state index in [0.29, 0.717) is 64.8 Å². The Balaban J connectivity index is 1.26. The average molecular weight is 591 g/mol. The van der Waals surface area contributed by atoms with E-state index in [1.54, 1.807) is 18.2 Å². The highest BCUT2D eigenvalue weighted by molar-refractivity contribution is 6.25. The molecule has 1 aromatic carbocycles. The molecule has 4 amide bonds. The Labute approximate surface area is 246 Å². The van der Waals surface area contributed by atoms with Crippen LogP contribution in [-0.2, 0) is 33.3 Å². The summed E-state index contributed by atoms with van der Waals surface area (Å²) in [6.07, 6.45) is 4.05. The van der Waals surface area contributed by atoms with Gasteiger partial charge in [-0.15, -0.1) is 0 Å². The summed E-state index contributed by atoms with van der Waals surface area (Å²) in [5.41, 5.74) is 0.875. The first-order valence-corrected chi connectivity index (χ1v) is 14.5. The van der Waals surface area contributed by atoms with Gasteiger partial charge in [-0.2, -0.15) is 0 Å². The quantitative estimate of drug-likeness (QED) is 0.127. The van der Waals surface area contributed by atoms with E-state index in [-0.39, 0.29) is 36.5 Å². The van der Waals surface area contributed by atoms with Crippen molar-refractivity contribution in [1.29, 1.82) is 0 Å². The van der Waals surface area contributed by atoms with Gasteiger partial charge in [0.2, 0.25) is 11.8 Å². The average Bonchev–Trinajstić information content (AvgIpc) is 3.27. The number of hydrogen-bond acceptors (Lipinski definition) is 10. The van der Waals surface area contributed by atoms with E-state index in [1.807, 2.05) is 4.90 Å². The van der Waals surface area contributed by atoms with Crippen LogP contribution in [0.1, 0.15) is 52.8 Å². The lowest BCUT2D eigenvalue weighted by atomic mass is 10.1. The molecular weight excluding hydrogens is 548 g/mol. The SMILES string of the molecule is CNC(=O)C(CCC=O)N1C(=O)c2cccc(NCCOCCOCCOCCOCC(=O)N3CCCCC3)c2C1=O. The molecule has 0 spiro atoms. The molecule has 0 aliphatic carbocycles. The van der Waals surface area contributed by atoms with Gasteiger partial charge < -0.3 is 39.3 Å². The Bertz CT molecular complexity index is 1060. The second-order valence-electron chi connectivity index (χ2n) is 9.84. The Hall–Kier alpha value is -3.39. The van der Waals surface area contributed by atoms with Gasteiger partial charge in [-0.3, -0.25) is 24.1 Å². The van der Waals surface area contributed by atoms with Gasteiger partial charge in [-0.1, -0.05) is 6.07 Å². The minimum absolute atomic E-state index is 0.0366. The first kappa shape index (κ1) is 33.1. The number of rotatable bonds is 20. The molecule has 0 aromatic heterocycles. The number of benzene rings is 1. The molecule has 2 aliphatic rings. The van der Waals surface area contributed by atoms with E-state index in [0.717, 1.165) is 30.8 Å². The zero-order chi connectivity index (χ0) is 30.2. The normalized spacial score (nSPS) is 15.5. The molecule has 0 saturated carbocycles. The van der Waals surface area contributed by atoms with Crippen molar-refractivity contribution in [1.82, 2.24) is 15.1 Å². The van der Waals surface area contributed by atoms with Gasteiger partial charge in [0.25, 0.3) is 11.8 Å². The minimum atomic E-state index is -1.07. The third-order valence-electron chi connectivity index (χ3n) is 6.98. The van der Waals surface area contributed by atoms with E-state index in [1.165, 1.54) is 13.5 Å². The van der Waals surface area contributed by atoms with Gasteiger partial charge in [0.15, 0.2) is 0 Å². The fourth-order valence-electron chi connectivity index (χ4n) is 4.82. The second-order valence-corrected chi connectivity index (χ2v) is 9.84. The highest BCUT2D eigenvalue weighted by Gasteiger charge is 2.43. The minimum Gasteiger partial charge on any atom is -0.382 e. The third kappa shape index (κ3) is 9.58. The molecule has 13 nitrogen and oxygen atoms in total. The molecule has 1 atom stereocenters. The van der Waals surface area contributed by atoms with Crippen molar-refractivity contribution < 1.29 is 42.9 Å². The number of aldehydes is 1. The summed E-state index contributed by atoms with van der Waals surface area (Å²) in [5.74, 6) is -1.61. The zero-order valence-electron chi connectivity index (χ0n) is 24.3. The van der Waals surface area contributed by atoms with Crippen molar-refractivity contribution in [2.75, 3.05) is 84.9 Å². The zero-order valence-corrected chi connectivity index (χ0v) is 24.3. The lowest BCUT2D eigenvalue weighted by molar-refractivity contribution is -0.137. The van der Waals surface area contributed by atoms with Crippen molar-refractivity contribution in [3.63, 3.8) is 0 Å². The monoisotopic (exact) mass is 590 g/mol. The lowest BCUT2D eigenvalue weighted by Crippen LogP contribution is -2.48. The van der Waals surface area contributed by atoms with Crippen molar-refractivity contribution in [3.8, 4) is 0 Å². The summed E-state index contributed by atoms with van der Waals surface area (Å²) in [5, 5.41) is 5.58. The number of anilines is 1. The van der Waals surface area contributed by atoms with Gasteiger partial charge in [-0.05, 0) is 37.8 Å². The van der Waals surface area contributed by atoms with E-state index < -0.39 is 23.8 Å². The molecular formula is C29H42N4O9. The van der Waals surface area contributed by atoms with E-state index in [9.17, 15) is 24.0 Å². The fourth-order valence-corrected chi connectivity index (χ4v) is 4.82. The maximum atomic E-state index is 13.2. The van der Waals surface area contributed by atoms with Crippen LogP contribution in [0.25, 0.3) is 0 Å². The second kappa shape index (κ2) is 18.2. The molecule has 2 aliphatic heterocycles. The number of carbonyl (C=O) groups is 5. The molecule has 1 fully saturated rings. The summed E-state index contributed by atoms with van der Waals surface area (Å²) in [7, 11) is 1.42. The van der Waals surface area contributed by atoms with Crippen LogP contribution in [0.15, 0.2) is 18.2 Å². The highest BCUT2D eigenvalue weighted by atomic mass is 16.6. The molecule has 0 radical (unpaired) electrons. The summed E-state index contributed by atoms with van der Waals surface area (Å²) in [6.45, 7) is 4.75. The first-order chi connectivity index (χ1) is 20.5. The predicted molar refractivity (Wildman–Crippen MR) is 152 cm³/mol. The van der Waals surface area contributed by atoms with Crippen LogP contribution < -0.4 is 10.6 Å². The number of amides is 4. The van der Waals surface area contributed by atoms with Crippen molar-refractivity contribution in [2.24, 2.45) is 0 Å². The van der Waals surface area contributed by atoms with Crippen LogP contribution >= 0.6 is 0 Å². The number of carbonyl (C=O) groups excluding carboxylic acids is 5. The van der Waals surface area contributed by atoms with E-state index >= 15 is 0 Å². The van der Waals surface area contributed by atoms with Gasteiger partial charge in [0.05, 0.1) is 57.4 Å². The van der Waals surface area contributed by atoms with E-state index in [4.69, 9.17) is 18.9 Å². The van der Waals surface area contributed by atoms with Crippen LogP contribution in [0.4, 0.5) is 5.69 Å². The standard InChI is InChI=1S/C29H42N4O9/c1-30-27(36)24(9-6-13-34)33-28(37)22-7-5-8-23(26(22)29(33)38)31-10-14-39-15-16-40-17-18-41-19-20-42-21-25(35)32-11-3-2-4-12-32/h5,7-8,13,24,31H,2-4,6,9-12,14-21H2,1H3,(H,30,36). The number of imide groups is 1. The summed E-state index contributed by atoms with van der Waals surface area (Å²) >= 11 is 0. The number of likely N-dealkylation sites (N-methyl/N-ethyl adjacent to an activating group) is 1. The third-order valence-corrected chi connectivity index (χ3v) is 6.98. The number of piperidine rings is 1. The van der Waals surface area contributed by atoms with Crippen LogP contribution in [0, 0.1) is 0 Å². The molecule has 0 bridgehead atoms. The molecule has 1 unspecified atom stereocenters. The largest absolute Gasteiger partial charge is 0.382 e. The van der Waals surface area contributed by atoms with Crippen LogP contribution in [-0.4, -0.2) is 125 Å². The molecule has 1 aromatic rings. The molecule has 3 rings (SSSR count). The maximum Gasteiger partial charge on any atom is 0.264 e. The van der Waals surface area contributed by atoms with E-state index in [2.05, 4.69) is 10.6 Å². The van der Waals surface area contributed by atoms with Gasteiger partial charge in [0.1, 0.15) is 18.9 Å². The first-order valence-electron chi connectivity index (χ1n) is 14.5. The Kier molecular flexibility index (Phi) is 14.4. The lowest BCUT2D eigenvalue weighted by Gasteiger charge is -2.26. The molecule has 13 heteroatoms. The fraction of sp³-hybridized carbons (Fsp3) is 0.621. The molecule has 1 saturated heterocycles. The number of nitrogens with one attached hydrogen (secondary N) is 2.